The van der Waals surface area contributed by atoms with Gasteiger partial charge in [0.1, 0.15) is 5.36 Å². The number of halogens is 2. The first-order valence-electron chi connectivity index (χ1n) is 11.6. The predicted molar refractivity (Wildman–Crippen MR) is 150 cm³/mol. The number of rotatable bonds is 6. The van der Waals surface area contributed by atoms with Crippen molar-refractivity contribution in [2.24, 2.45) is 5.10 Å². The van der Waals surface area contributed by atoms with Crippen LogP contribution in [-0.4, -0.2) is 64.8 Å². The minimum absolute atomic E-state index is 0. The van der Waals surface area contributed by atoms with E-state index in [0.717, 1.165) is 58.5 Å². The Morgan fingerprint density at radius 2 is 1.64 bits per heavy atom. The third-order valence-electron chi connectivity index (χ3n) is 6.13. The van der Waals surface area contributed by atoms with Crippen molar-refractivity contribution in [3.63, 3.8) is 0 Å². The topological polar surface area (TPSA) is 75.0 Å². The number of aromatic nitrogens is 2. The van der Waals surface area contributed by atoms with E-state index < -0.39 is 0 Å². The number of anilines is 1. The molecule has 0 bridgehead atoms. The fourth-order valence-electron chi connectivity index (χ4n) is 4.45. The SMILES string of the molecule is CCOC(=O)N1CCN(CCn2c3ccccc3c(=NNc3nccs3)c3ccccc32)CC1.Cl.Cl. The number of nitrogens with zero attached hydrogens (tertiary/aromatic N) is 5. The van der Waals surface area contributed by atoms with Gasteiger partial charge in [-0.2, -0.15) is 5.10 Å². The fraction of sp³-hybridized carbons (Fsp3) is 0.320. The zero-order valence-corrected chi connectivity index (χ0v) is 22.5. The fourth-order valence-corrected chi connectivity index (χ4v) is 4.92. The second kappa shape index (κ2) is 12.9. The first-order chi connectivity index (χ1) is 16.7. The van der Waals surface area contributed by atoms with E-state index >= 15 is 0 Å². The highest BCUT2D eigenvalue weighted by Gasteiger charge is 2.22. The molecule has 0 spiro atoms. The van der Waals surface area contributed by atoms with Gasteiger partial charge in [-0.15, -0.1) is 36.2 Å². The van der Waals surface area contributed by atoms with Gasteiger partial charge in [0.25, 0.3) is 0 Å². The zero-order valence-electron chi connectivity index (χ0n) is 20.0. The highest BCUT2D eigenvalue weighted by Crippen LogP contribution is 2.20. The van der Waals surface area contributed by atoms with Crippen LogP contribution in [0.4, 0.5) is 9.93 Å². The zero-order chi connectivity index (χ0) is 23.3. The van der Waals surface area contributed by atoms with Gasteiger partial charge in [-0.05, 0) is 19.1 Å². The minimum atomic E-state index is -0.209. The van der Waals surface area contributed by atoms with Gasteiger partial charge < -0.3 is 14.2 Å². The molecule has 1 aliphatic heterocycles. The molecule has 36 heavy (non-hydrogen) atoms. The molecule has 1 saturated heterocycles. The number of hydrogen-bond acceptors (Lipinski definition) is 7. The average Bonchev–Trinajstić information content (AvgIpc) is 3.40. The molecule has 1 N–H and O–H groups in total. The van der Waals surface area contributed by atoms with E-state index in [9.17, 15) is 4.79 Å². The molecular weight excluding hydrogens is 519 g/mol. The van der Waals surface area contributed by atoms with Gasteiger partial charge in [0.2, 0.25) is 5.13 Å². The Labute approximate surface area is 226 Å². The number of carbonyl (C=O) groups excluding carboxylic acids is 1. The van der Waals surface area contributed by atoms with Crippen molar-refractivity contribution in [2.45, 2.75) is 13.5 Å². The van der Waals surface area contributed by atoms with Crippen molar-refractivity contribution < 1.29 is 9.53 Å². The summed E-state index contributed by atoms with van der Waals surface area (Å²) in [4.78, 5) is 20.5. The summed E-state index contributed by atoms with van der Waals surface area (Å²) in [5.74, 6) is 0. The quantitative estimate of drug-likeness (QED) is 0.277. The molecule has 1 fully saturated rings. The molecule has 0 aliphatic carbocycles. The molecule has 0 radical (unpaired) electrons. The lowest BCUT2D eigenvalue weighted by atomic mass is 10.1. The summed E-state index contributed by atoms with van der Waals surface area (Å²) in [6.07, 6.45) is 1.56. The number of carbonyl (C=O) groups is 1. The lowest BCUT2D eigenvalue weighted by Gasteiger charge is -2.34. The number of thiazole rings is 1. The lowest BCUT2D eigenvalue weighted by molar-refractivity contribution is 0.0789. The Hall–Kier alpha value is -2.85. The Balaban J connectivity index is 0.00000180. The highest BCUT2D eigenvalue weighted by molar-refractivity contribution is 7.13. The summed E-state index contributed by atoms with van der Waals surface area (Å²) in [5, 5.41) is 10.6. The maximum Gasteiger partial charge on any atom is 0.409 e. The van der Waals surface area contributed by atoms with Gasteiger partial charge in [0.15, 0.2) is 0 Å². The average molecular weight is 550 g/mol. The molecule has 1 aliphatic rings. The van der Waals surface area contributed by atoms with Gasteiger partial charge in [0, 0.05) is 61.6 Å². The first kappa shape index (κ1) is 27.7. The minimum Gasteiger partial charge on any atom is -0.450 e. The van der Waals surface area contributed by atoms with E-state index in [4.69, 9.17) is 9.84 Å². The molecule has 0 atom stereocenters. The molecule has 2 aromatic carbocycles. The van der Waals surface area contributed by atoms with Crippen molar-refractivity contribution in [1.82, 2.24) is 19.4 Å². The Morgan fingerprint density at radius 1 is 1.00 bits per heavy atom. The van der Waals surface area contributed by atoms with Gasteiger partial charge in [-0.3, -0.25) is 10.3 Å². The van der Waals surface area contributed by atoms with Crippen LogP contribution in [0.3, 0.4) is 0 Å². The molecule has 8 nitrogen and oxygen atoms in total. The summed E-state index contributed by atoms with van der Waals surface area (Å²) in [6.45, 7) is 7.10. The van der Waals surface area contributed by atoms with Crippen LogP contribution in [0.25, 0.3) is 21.8 Å². The molecule has 192 valence electrons. The van der Waals surface area contributed by atoms with Crippen molar-refractivity contribution in [2.75, 3.05) is 44.8 Å². The molecule has 0 saturated carbocycles. The van der Waals surface area contributed by atoms with Gasteiger partial charge >= 0.3 is 6.09 Å². The summed E-state index contributed by atoms with van der Waals surface area (Å²) >= 11 is 1.53. The number of ether oxygens (including phenoxy) is 1. The van der Waals surface area contributed by atoms with Crippen LogP contribution in [0.1, 0.15) is 6.92 Å². The molecule has 5 rings (SSSR count). The number of nitrogens with one attached hydrogen (secondary N) is 1. The second-order valence-electron chi connectivity index (χ2n) is 8.12. The van der Waals surface area contributed by atoms with E-state index in [1.807, 2.05) is 12.3 Å². The van der Waals surface area contributed by atoms with E-state index in [2.05, 4.69) is 68.4 Å². The first-order valence-corrected chi connectivity index (χ1v) is 12.5. The molecule has 1 amide bonds. The van der Waals surface area contributed by atoms with Gasteiger partial charge in [0.05, 0.1) is 17.6 Å². The van der Waals surface area contributed by atoms with E-state index in [1.54, 1.807) is 11.1 Å². The maximum absolute atomic E-state index is 12.0. The van der Waals surface area contributed by atoms with Crippen LogP contribution in [0.5, 0.6) is 0 Å². The third-order valence-corrected chi connectivity index (χ3v) is 6.81. The molecule has 0 unspecified atom stereocenters. The van der Waals surface area contributed by atoms with Crippen LogP contribution in [0.2, 0.25) is 0 Å². The van der Waals surface area contributed by atoms with Crippen molar-refractivity contribution in [1.29, 1.82) is 0 Å². The number of para-hydroxylation sites is 2. The summed E-state index contributed by atoms with van der Waals surface area (Å²) in [7, 11) is 0. The van der Waals surface area contributed by atoms with Crippen LogP contribution in [-0.2, 0) is 11.3 Å². The second-order valence-corrected chi connectivity index (χ2v) is 9.02. The van der Waals surface area contributed by atoms with Crippen LogP contribution >= 0.6 is 36.2 Å². The monoisotopic (exact) mass is 548 g/mol. The highest BCUT2D eigenvalue weighted by atomic mass is 35.5. The molecule has 3 heterocycles. The molecular formula is C25H30Cl2N6O2S. The molecule has 4 aromatic rings. The van der Waals surface area contributed by atoms with E-state index in [1.165, 1.54) is 11.3 Å². The number of pyridine rings is 1. The third kappa shape index (κ3) is 5.92. The summed E-state index contributed by atoms with van der Waals surface area (Å²) in [5.41, 5.74) is 5.41. The van der Waals surface area contributed by atoms with Crippen molar-refractivity contribution in [3.8, 4) is 0 Å². The number of benzene rings is 2. The van der Waals surface area contributed by atoms with E-state index in [0.29, 0.717) is 19.7 Å². The Bertz CT molecular complexity index is 1290. The number of fused-ring (bicyclic) bond motifs is 2. The van der Waals surface area contributed by atoms with Crippen molar-refractivity contribution >= 4 is 69.2 Å². The molecule has 2 aromatic heterocycles. The van der Waals surface area contributed by atoms with Crippen LogP contribution in [0.15, 0.2) is 65.2 Å². The summed E-state index contributed by atoms with van der Waals surface area (Å²) < 4.78 is 7.52. The smallest absolute Gasteiger partial charge is 0.409 e. The Kier molecular flexibility index (Phi) is 9.95. The standard InChI is InChI=1S/C25H28N6O2S.2ClH/c1-2-33-25(32)30-15-12-29(13-16-30)14-17-31-21-9-5-3-7-19(21)23(20-8-4-6-10-22(20)31)27-28-24-26-11-18-34-24;;/h3-11,18H,2,12-17H2,1H3,(H,26,28);2*1H. The maximum atomic E-state index is 12.0. The number of piperazine rings is 1. The number of amides is 1. The molecule has 11 heteroatoms. The van der Waals surface area contributed by atoms with E-state index in [-0.39, 0.29) is 30.9 Å². The Morgan fingerprint density at radius 3 is 2.22 bits per heavy atom. The van der Waals surface area contributed by atoms with Crippen LogP contribution < -0.4 is 10.8 Å². The van der Waals surface area contributed by atoms with Gasteiger partial charge in [-0.25, -0.2) is 9.78 Å². The van der Waals surface area contributed by atoms with Crippen LogP contribution in [0, 0.1) is 0 Å². The normalized spacial score (nSPS) is 13.6. The lowest BCUT2D eigenvalue weighted by Crippen LogP contribution is -2.49. The predicted octanol–water partition coefficient (Wildman–Crippen LogP) is 4.80. The largest absolute Gasteiger partial charge is 0.450 e. The number of hydrogen-bond donors (Lipinski definition) is 1. The van der Waals surface area contributed by atoms with Gasteiger partial charge in [-0.1, -0.05) is 36.4 Å². The van der Waals surface area contributed by atoms with Crippen molar-refractivity contribution in [3.05, 3.63) is 65.5 Å². The summed E-state index contributed by atoms with van der Waals surface area (Å²) in [6, 6.07) is 16.8.